The molecule has 0 unspecified atom stereocenters. The summed E-state index contributed by atoms with van der Waals surface area (Å²) in [5.41, 5.74) is 1.30. The number of hydrogen-bond donors (Lipinski definition) is 2. The Bertz CT molecular complexity index is 643. The van der Waals surface area contributed by atoms with Crippen molar-refractivity contribution in [3.05, 3.63) is 71.8 Å². The molecule has 0 aromatic heterocycles. The van der Waals surface area contributed by atoms with E-state index in [-0.39, 0.29) is 12.3 Å². The fourth-order valence-corrected chi connectivity index (χ4v) is 2.89. The first-order valence-electron chi connectivity index (χ1n) is 8.98. The number of carboxylic acid groups (broad SMARTS) is 1. The molecule has 0 radical (unpaired) electrons. The van der Waals surface area contributed by atoms with Crippen LogP contribution in [0.1, 0.15) is 31.4 Å². The summed E-state index contributed by atoms with van der Waals surface area (Å²) in [6.45, 7) is 4.57. The number of nitrogens with zero attached hydrogens (tertiary/aromatic N) is 1. The van der Waals surface area contributed by atoms with Crippen molar-refractivity contribution in [2.24, 2.45) is 5.92 Å². The molecule has 2 atom stereocenters. The van der Waals surface area contributed by atoms with Gasteiger partial charge < -0.3 is 15.1 Å². The van der Waals surface area contributed by atoms with Gasteiger partial charge in [-0.25, -0.2) is 0 Å². The normalized spacial score (nSPS) is 14.1. The number of hydrogen-bond acceptors (Lipinski definition) is 3. The van der Waals surface area contributed by atoms with Gasteiger partial charge in [-0.2, -0.15) is 0 Å². The van der Waals surface area contributed by atoms with Gasteiger partial charge >= 0.3 is 5.97 Å². The molecule has 2 N–H and O–H groups in total. The third-order valence-electron chi connectivity index (χ3n) is 4.35. The van der Waals surface area contributed by atoms with Crippen LogP contribution in [-0.2, 0) is 16.8 Å². The second kappa shape index (κ2) is 10.7. The van der Waals surface area contributed by atoms with E-state index in [4.69, 9.17) is 5.11 Å². The van der Waals surface area contributed by atoms with Gasteiger partial charge in [0.15, 0.2) is 0 Å². The maximum absolute atomic E-state index is 11.4. The SMILES string of the molecule is CCC(=O)O.C[C@H](CN(C)C)[C@@](O)(Cc1ccccc1)c1ccccc1. The minimum absolute atomic E-state index is 0.134. The molecular weight excluding hydrogens is 326 g/mol. The van der Waals surface area contributed by atoms with Gasteiger partial charge in [0.25, 0.3) is 0 Å². The van der Waals surface area contributed by atoms with E-state index in [9.17, 15) is 9.90 Å². The van der Waals surface area contributed by atoms with Crippen LogP contribution in [0.4, 0.5) is 0 Å². The molecule has 2 rings (SSSR count). The quantitative estimate of drug-likeness (QED) is 0.791. The predicted octanol–water partition coefficient (Wildman–Crippen LogP) is 3.80. The minimum Gasteiger partial charge on any atom is -0.481 e. The molecule has 0 heterocycles. The Morgan fingerprint density at radius 1 is 1.04 bits per heavy atom. The topological polar surface area (TPSA) is 60.8 Å². The van der Waals surface area contributed by atoms with E-state index in [0.29, 0.717) is 6.42 Å². The molecule has 142 valence electrons. The van der Waals surface area contributed by atoms with Crippen LogP contribution >= 0.6 is 0 Å². The van der Waals surface area contributed by atoms with Crippen molar-refractivity contribution in [1.82, 2.24) is 4.90 Å². The first-order valence-corrected chi connectivity index (χ1v) is 8.98. The summed E-state index contributed by atoms with van der Waals surface area (Å²) < 4.78 is 0. The summed E-state index contributed by atoms with van der Waals surface area (Å²) in [5, 5.41) is 19.1. The molecule has 0 bridgehead atoms. The van der Waals surface area contributed by atoms with E-state index >= 15 is 0 Å². The van der Waals surface area contributed by atoms with E-state index in [0.717, 1.165) is 17.7 Å². The van der Waals surface area contributed by atoms with Crippen LogP contribution in [0.2, 0.25) is 0 Å². The Morgan fingerprint density at radius 2 is 1.50 bits per heavy atom. The average Bonchev–Trinajstić information content (AvgIpc) is 2.63. The number of benzene rings is 2. The molecule has 0 saturated heterocycles. The molecule has 0 aliphatic rings. The lowest BCUT2D eigenvalue weighted by atomic mass is 9.77. The minimum atomic E-state index is -0.854. The zero-order chi connectivity index (χ0) is 19.6. The summed E-state index contributed by atoms with van der Waals surface area (Å²) >= 11 is 0. The number of aliphatic hydroxyl groups is 1. The fourth-order valence-electron chi connectivity index (χ4n) is 2.89. The van der Waals surface area contributed by atoms with Crippen molar-refractivity contribution in [3.8, 4) is 0 Å². The summed E-state index contributed by atoms with van der Waals surface area (Å²) in [6.07, 6.45) is 0.854. The fraction of sp³-hybridized carbons (Fsp3) is 0.409. The molecule has 2 aromatic carbocycles. The third kappa shape index (κ3) is 6.98. The van der Waals surface area contributed by atoms with E-state index < -0.39 is 11.6 Å². The van der Waals surface area contributed by atoms with Crippen LogP contribution in [0.15, 0.2) is 60.7 Å². The first kappa shape index (κ1) is 21.9. The van der Waals surface area contributed by atoms with Crippen molar-refractivity contribution < 1.29 is 15.0 Å². The number of aliphatic carboxylic acids is 1. The van der Waals surface area contributed by atoms with Crippen molar-refractivity contribution in [2.75, 3.05) is 20.6 Å². The number of carboxylic acids is 1. The largest absolute Gasteiger partial charge is 0.481 e. The lowest BCUT2D eigenvalue weighted by molar-refractivity contribution is -0.136. The van der Waals surface area contributed by atoms with Crippen LogP contribution in [0.3, 0.4) is 0 Å². The molecule has 0 fully saturated rings. The third-order valence-corrected chi connectivity index (χ3v) is 4.35. The maximum atomic E-state index is 11.4. The van der Waals surface area contributed by atoms with Crippen LogP contribution in [0.5, 0.6) is 0 Å². The summed E-state index contributed by atoms with van der Waals surface area (Å²) in [4.78, 5) is 11.5. The van der Waals surface area contributed by atoms with Gasteiger partial charge in [-0.1, -0.05) is 74.5 Å². The predicted molar refractivity (Wildman–Crippen MR) is 106 cm³/mol. The Hall–Kier alpha value is -2.17. The second-order valence-electron chi connectivity index (χ2n) is 6.86. The summed E-state index contributed by atoms with van der Waals surface area (Å²) in [7, 11) is 4.09. The van der Waals surface area contributed by atoms with Gasteiger partial charge in [0.1, 0.15) is 0 Å². The zero-order valence-electron chi connectivity index (χ0n) is 16.2. The lowest BCUT2D eigenvalue weighted by Gasteiger charge is -2.36. The molecular formula is C22H31NO3. The summed E-state index contributed by atoms with van der Waals surface area (Å²) in [6, 6.07) is 20.2. The van der Waals surface area contributed by atoms with Gasteiger partial charge in [0.05, 0.1) is 5.60 Å². The van der Waals surface area contributed by atoms with E-state index in [1.54, 1.807) is 6.92 Å². The van der Waals surface area contributed by atoms with E-state index in [1.807, 2.05) is 62.6 Å². The Labute approximate surface area is 157 Å². The Balaban J connectivity index is 0.000000597. The molecule has 0 aliphatic carbocycles. The molecule has 0 spiro atoms. The monoisotopic (exact) mass is 357 g/mol. The van der Waals surface area contributed by atoms with E-state index in [1.165, 1.54) is 0 Å². The van der Waals surface area contributed by atoms with Gasteiger partial charge in [0, 0.05) is 25.3 Å². The van der Waals surface area contributed by atoms with Crippen LogP contribution in [0, 0.1) is 5.92 Å². The summed E-state index contributed by atoms with van der Waals surface area (Å²) in [5.74, 6) is -0.611. The first-order chi connectivity index (χ1) is 12.3. The second-order valence-corrected chi connectivity index (χ2v) is 6.86. The highest BCUT2D eigenvalue weighted by molar-refractivity contribution is 5.66. The molecule has 4 nitrogen and oxygen atoms in total. The standard InChI is InChI=1S/C19H25NO.C3H6O2/c1-16(15-20(2)3)19(21,18-12-8-5-9-13-18)14-17-10-6-4-7-11-17;1-2-3(4)5/h4-13,16,21H,14-15H2,1-3H3;2H2,1H3,(H,4,5)/t16-,19+;/m1./s1. The van der Waals surface area contributed by atoms with Crippen molar-refractivity contribution >= 4 is 5.97 Å². The zero-order valence-corrected chi connectivity index (χ0v) is 16.2. The Kier molecular flexibility index (Phi) is 9.03. The highest BCUT2D eigenvalue weighted by Crippen LogP contribution is 2.33. The van der Waals surface area contributed by atoms with Crippen molar-refractivity contribution in [2.45, 2.75) is 32.3 Å². The Morgan fingerprint density at radius 3 is 1.92 bits per heavy atom. The highest BCUT2D eigenvalue weighted by atomic mass is 16.4. The van der Waals surface area contributed by atoms with Gasteiger partial charge in [-0.15, -0.1) is 0 Å². The highest BCUT2D eigenvalue weighted by Gasteiger charge is 2.35. The molecule has 26 heavy (non-hydrogen) atoms. The average molecular weight is 357 g/mol. The van der Waals surface area contributed by atoms with Gasteiger partial charge in [0.2, 0.25) is 0 Å². The van der Waals surface area contributed by atoms with Crippen LogP contribution in [-0.4, -0.2) is 41.7 Å². The van der Waals surface area contributed by atoms with E-state index in [2.05, 4.69) is 24.0 Å². The molecule has 2 aromatic rings. The number of rotatable bonds is 7. The van der Waals surface area contributed by atoms with Gasteiger partial charge in [-0.05, 0) is 25.2 Å². The van der Waals surface area contributed by atoms with Crippen molar-refractivity contribution in [1.29, 1.82) is 0 Å². The maximum Gasteiger partial charge on any atom is 0.303 e. The van der Waals surface area contributed by atoms with Gasteiger partial charge in [-0.3, -0.25) is 4.79 Å². The number of carbonyl (C=O) groups is 1. The van der Waals surface area contributed by atoms with Crippen LogP contribution < -0.4 is 0 Å². The molecule has 0 aliphatic heterocycles. The van der Waals surface area contributed by atoms with Crippen LogP contribution in [0.25, 0.3) is 0 Å². The smallest absolute Gasteiger partial charge is 0.303 e. The molecule has 0 saturated carbocycles. The lowest BCUT2D eigenvalue weighted by Crippen LogP contribution is -2.41. The molecule has 4 heteroatoms. The van der Waals surface area contributed by atoms with Crippen molar-refractivity contribution in [3.63, 3.8) is 0 Å². The molecule has 0 amide bonds.